The Hall–Kier alpha value is -3.91. The van der Waals surface area contributed by atoms with Gasteiger partial charge in [-0.15, -0.1) is 0 Å². The summed E-state index contributed by atoms with van der Waals surface area (Å²) in [5.74, 6) is -1.94. The van der Waals surface area contributed by atoms with Gasteiger partial charge in [0.05, 0.1) is 6.42 Å². The van der Waals surface area contributed by atoms with E-state index in [1.165, 1.54) is 6.08 Å². The first kappa shape index (κ1) is 24.2. The maximum absolute atomic E-state index is 12.9. The average molecular weight is 494 g/mol. The summed E-state index contributed by atoms with van der Waals surface area (Å²) in [5.41, 5.74) is 3.57. The minimum atomic E-state index is -0.870. The number of imide groups is 1. The number of ether oxygens (including phenoxy) is 1. The maximum Gasteiger partial charge on any atom is 0.310 e. The Balaban J connectivity index is 1.35. The molecule has 1 atom stereocenters. The Morgan fingerprint density at radius 2 is 2.00 bits per heavy atom. The second-order valence-corrected chi connectivity index (χ2v) is 8.87. The number of nitrogens with zero attached hydrogens (tertiary/aromatic N) is 1. The molecular weight excluding hydrogens is 470 g/mol. The molecule has 1 saturated heterocycles. The first-order chi connectivity index (χ1) is 16.7. The number of nitrogens with one attached hydrogen (secondary N) is 2. The number of amides is 3. The number of benzene rings is 2. The zero-order valence-corrected chi connectivity index (χ0v) is 19.9. The lowest BCUT2D eigenvalue weighted by atomic mass is 10.0. The van der Waals surface area contributed by atoms with Crippen LogP contribution in [-0.2, 0) is 36.9 Å². The number of hydrogen-bond acceptors (Lipinski definition) is 6. The summed E-state index contributed by atoms with van der Waals surface area (Å²) in [6.45, 7) is 5.64. The molecule has 4 rings (SSSR count). The lowest BCUT2D eigenvalue weighted by Crippen LogP contribution is -2.52. The minimum absolute atomic E-state index is 0.0398. The molecule has 0 saturated carbocycles. The zero-order valence-electron chi connectivity index (χ0n) is 19.1. The van der Waals surface area contributed by atoms with Gasteiger partial charge in [0, 0.05) is 22.5 Å². The third-order valence-corrected chi connectivity index (χ3v) is 6.19. The van der Waals surface area contributed by atoms with Gasteiger partial charge in [0.1, 0.15) is 18.3 Å². The van der Waals surface area contributed by atoms with Crippen LogP contribution in [0.1, 0.15) is 29.5 Å². The molecule has 2 N–H and O–H groups in total. The summed E-state index contributed by atoms with van der Waals surface area (Å²) in [6, 6.07) is 11.5. The van der Waals surface area contributed by atoms with Gasteiger partial charge in [-0.1, -0.05) is 42.4 Å². The molecule has 2 aliphatic heterocycles. The topological polar surface area (TPSA) is 105 Å². The summed E-state index contributed by atoms with van der Waals surface area (Å²) in [6.07, 6.45) is 2.10. The number of esters is 1. The van der Waals surface area contributed by atoms with Crippen molar-refractivity contribution in [2.75, 3.05) is 5.32 Å². The molecule has 9 heteroatoms. The van der Waals surface area contributed by atoms with Crippen LogP contribution in [0.15, 0.2) is 66.5 Å². The highest BCUT2D eigenvalue weighted by Crippen LogP contribution is 2.24. The van der Waals surface area contributed by atoms with Crippen LogP contribution < -0.4 is 10.6 Å². The van der Waals surface area contributed by atoms with Gasteiger partial charge in [-0.05, 0) is 54.7 Å². The molecule has 0 bridgehead atoms. The molecule has 2 aromatic rings. The normalized spacial score (nSPS) is 17.8. The van der Waals surface area contributed by atoms with Crippen molar-refractivity contribution in [2.24, 2.45) is 0 Å². The fraction of sp³-hybridized carbons (Fsp3) is 0.231. The second-order valence-electron chi connectivity index (χ2n) is 8.47. The van der Waals surface area contributed by atoms with Gasteiger partial charge in [-0.25, -0.2) is 0 Å². The Bertz CT molecular complexity index is 1270. The highest BCUT2D eigenvalue weighted by Gasteiger charge is 2.41. The molecule has 2 aromatic carbocycles. The van der Waals surface area contributed by atoms with Gasteiger partial charge in [0.2, 0.25) is 5.91 Å². The fourth-order valence-electron chi connectivity index (χ4n) is 3.90. The van der Waals surface area contributed by atoms with Gasteiger partial charge >= 0.3 is 5.97 Å². The van der Waals surface area contributed by atoms with Crippen LogP contribution >= 0.6 is 11.6 Å². The van der Waals surface area contributed by atoms with E-state index in [1.54, 1.807) is 30.3 Å². The van der Waals surface area contributed by atoms with E-state index in [4.69, 9.17) is 16.3 Å². The van der Waals surface area contributed by atoms with Crippen molar-refractivity contribution in [3.05, 3.63) is 88.2 Å². The smallest absolute Gasteiger partial charge is 0.310 e. The Kier molecular flexibility index (Phi) is 7.02. The summed E-state index contributed by atoms with van der Waals surface area (Å²) in [4.78, 5) is 50.8. The summed E-state index contributed by atoms with van der Waals surface area (Å²) in [7, 11) is 0. The molecule has 0 spiro atoms. The number of anilines is 1. The molecule has 180 valence electrons. The SMILES string of the molecule is C=C1CCC(N2C(=O)C=C(Nc3cccc(COC(=O)Cc4ccc(C)c(Cl)c4)c3)C2=O)C(=O)N1. The van der Waals surface area contributed by atoms with E-state index in [0.717, 1.165) is 16.0 Å². The lowest BCUT2D eigenvalue weighted by Gasteiger charge is -2.29. The van der Waals surface area contributed by atoms with E-state index in [2.05, 4.69) is 17.2 Å². The van der Waals surface area contributed by atoms with Crippen LogP contribution in [-0.4, -0.2) is 34.6 Å². The minimum Gasteiger partial charge on any atom is -0.461 e. The third-order valence-electron chi connectivity index (χ3n) is 5.78. The number of carbonyl (C=O) groups is 4. The van der Waals surface area contributed by atoms with Crippen molar-refractivity contribution in [2.45, 2.75) is 38.8 Å². The predicted molar refractivity (Wildman–Crippen MR) is 130 cm³/mol. The van der Waals surface area contributed by atoms with Crippen molar-refractivity contribution in [3.63, 3.8) is 0 Å². The van der Waals surface area contributed by atoms with E-state index < -0.39 is 29.7 Å². The molecule has 0 aliphatic carbocycles. The van der Waals surface area contributed by atoms with E-state index in [9.17, 15) is 19.2 Å². The molecule has 2 heterocycles. The second kappa shape index (κ2) is 10.1. The highest BCUT2D eigenvalue weighted by molar-refractivity contribution is 6.31. The number of aryl methyl sites for hydroxylation is 1. The number of piperidine rings is 1. The van der Waals surface area contributed by atoms with Crippen LogP contribution in [0.2, 0.25) is 5.02 Å². The van der Waals surface area contributed by atoms with Crippen molar-refractivity contribution >= 4 is 41.0 Å². The quantitative estimate of drug-likeness (QED) is 0.452. The van der Waals surface area contributed by atoms with Crippen molar-refractivity contribution < 1.29 is 23.9 Å². The summed E-state index contributed by atoms with van der Waals surface area (Å²) < 4.78 is 5.38. The Labute approximate surface area is 207 Å². The molecule has 3 amide bonds. The van der Waals surface area contributed by atoms with Crippen molar-refractivity contribution in [3.8, 4) is 0 Å². The fourth-order valence-corrected chi connectivity index (χ4v) is 4.10. The molecule has 1 fully saturated rings. The number of allylic oxidation sites excluding steroid dienone is 1. The van der Waals surface area contributed by atoms with Crippen LogP contribution in [0.5, 0.6) is 0 Å². The number of carbonyl (C=O) groups excluding carboxylic acids is 4. The van der Waals surface area contributed by atoms with E-state index in [-0.39, 0.29) is 18.7 Å². The predicted octanol–water partition coefficient (Wildman–Crippen LogP) is 3.39. The van der Waals surface area contributed by atoms with Crippen LogP contribution in [0.25, 0.3) is 0 Å². The van der Waals surface area contributed by atoms with Gasteiger partial charge < -0.3 is 15.4 Å². The largest absolute Gasteiger partial charge is 0.461 e. The third kappa shape index (κ3) is 5.60. The van der Waals surface area contributed by atoms with E-state index in [1.807, 2.05) is 19.1 Å². The molecule has 2 aliphatic rings. The zero-order chi connectivity index (χ0) is 25.1. The van der Waals surface area contributed by atoms with Gasteiger partial charge in [0.25, 0.3) is 11.8 Å². The Morgan fingerprint density at radius 1 is 1.20 bits per heavy atom. The molecule has 0 aromatic heterocycles. The summed E-state index contributed by atoms with van der Waals surface area (Å²) >= 11 is 6.11. The van der Waals surface area contributed by atoms with E-state index in [0.29, 0.717) is 34.8 Å². The van der Waals surface area contributed by atoms with Crippen LogP contribution in [0.4, 0.5) is 5.69 Å². The first-order valence-corrected chi connectivity index (χ1v) is 11.4. The van der Waals surface area contributed by atoms with Gasteiger partial charge in [-0.2, -0.15) is 0 Å². The monoisotopic (exact) mass is 493 g/mol. The molecule has 8 nitrogen and oxygen atoms in total. The molecule has 1 unspecified atom stereocenters. The van der Waals surface area contributed by atoms with Crippen molar-refractivity contribution in [1.29, 1.82) is 0 Å². The van der Waals surface area contributed by atoms with Crippen LogP contribution in [0, 0.1) is 6.92 Å². The van der Waals surface area contributed by atoms with Gasteiger partial charge in [0.15, 0.2) is 0 Å². The number of halogens is 1. The van der Waals surface area contributed by atoms with Crippen LogP contribution in [0.3, 0.4) is 0 Å². The highest BCUT2D eigenvalue weighted by atomic mass is 35.5. The first-order valence-electron chi connectivity index (χ1n) is 11.1. The molecular formula is C26H24ClN3O5. The van der Waals surface area contributed by atoms with E-state index >= 15 is 0 Å². The number of hydrogen-bond donors (Lipinski definition) is 2. The Morgan fingerprint density at radius 3 is 2.74 bits per heavy atom. The average Bonchev–Trinajstić information content (AvgIpc) is 3.08. The number of rotatable bonds is 7. The standard InChI is InChI=1S/C26H24ClN3O5/c1-15-6-8-17(11-20(15)27)12-24(32)35-14-18-4-3-5-19(10-18)29-21-13-23(31)30(26(21)34)22-9-7-16(2)28-25(22)33/h3-6,8,10-11,13,22,29H,2,7,9,12,14H2,1H3,(H,28,33). The molecule has 0 radical (unpaired) electrons. The van der Waals surface area contributed by atoms with Gasteiger partial charge in [-0.3, -0.25) is 24.1 Å². The maximum atomic E-state index is 12.9. The summed E-state index contributed by atoms with van der Waals surface area (Å²) in [5, 5.41) is 6.12. The lowest BCUT2D eigenvalue weighted by molar-refractivity contribution is -0.146. The van der Waals surface area contributed by atoms with Crippen molar-refractivity contribution in [1.82, 2.24) is 10.2 Å². The molecule has 35 heavy (non-hydrogen) atoms.